The van der Waals surface area contributed by atoms with Gasteiger partial charge in [0.15, 0.2) is 0 Å². The molecule has 2 rings (SSSR count). The van der Waals surface area contributed by atoms with Crippen molar-refractivity contribution in [3.63, 3.8) is 0 Å². The van der Waals surface area contributed by atoms with Crippen LogP contribution in [0, 0.1) is 0 Å². The summed E-state index contributed by atoms with van der Waals surface area (Å²) >= 11 is 0. The highest BCUT2D eigenvalue weighted by atomic mass is 16.5. The number of hydrogen-bond acceptors (Lipinski definition) is 5. The Morgan fingerprint density at radius 3 is 3.08 bits per heavy atom. The molecule has 0 aromatic carbocycles. The van der Waals surface area contributed by atoms with Gasteiger partial charge in [-0.25, -0.2) is 4.98 Å². The van der Waals surface area contributed by atoms with Crippen LogP contribution in [0.5, 0.6) is 6.01 Å². The summed E-state index contributed by atoms with van der Waals surface area (Å²) in [5, 5.41) is 3.18. The minimum atomic E-state index is 0.265. The Bertz CT molecular complexity index is 304. The molecule has 1 aromatic heterocycles. The van der Waals surface area contributed by atoms with Crippen molar-refractivity contribution in [1.29, 1.82) is 0 Å². The molecule has 1 aliphatic rings. The highest BCUT2D eigenvalue weighted by Crippen LogP contribution is 2.22. The number of nitrogens with two attached hydrogens (primary N) is 1. The van der Waals surface area contributed by atoms with E-state index >= 15 is 0 Å². The van der Waals surface area contributed by atoms with E-state index in [2.05, 4.69) is 15.3 Å². The van der Waals surface area contributed by atoms with E-state index in [0.717, 1.165) is 12.2 Å². The standard InChI is InChI=1S/C8H12N4O/c1-13-8-10-3-2-7(12-8)11-6-4-5(6)9/h2-3,5-6H,4,9H2,1H3,(H,10,11,12). The van der Waals surface area contributed by atoms with Crippen LogP contribution in [0.3, 0.4) is 0 Å². The quantitative estimate of drug-likeness (QED) is 0.684. The summed E-state index contributed by atoms with van der Waals surface area (Å²) in [6.45, 7) is 0. The predicted octanol–water partition coefficient (Wildman–Crippen LogP) is -0.00330. The lowest BCUT2D eigenvalue weighted by atomic mass is 10.5. The zero-order valence-corrected chi connectivity index (χ0v) is 7.40. The fraction of sp³-hybridized carbons (Fsp3) is 0.500. The zero-order valence-electron chi connectivity index (χ0n) is 7.40. The summed E-state index contributed by atoms with van der Waals surface area (Å²) in [5.41, 5.74) is 5.65. The number of ether oxygens (including phenoxy) is 1. The number of methoxy groups -OCH3 is 1. The largest absolute Gasteiger partial charge is 0.467 e. The lowest BCUT2D eigenvalue weighted by molar-refractivity contribution is 0.380. The first-order valence-corrected chi connectivity index (χ1v) is 4.19. The van der Waals surface area contributed by atoms with Crippen LogP contribution in [0.4, 0.5) is 5.82 Å². The average molecular weight is 180 g/mol. The second-order valence-corrected chi connectivity index (χ2v) is 3.08. The van der Waals surface area contributed by atoms with E-state index in [4.69, 9.17) is 10.5 Å². The molecule has 5 nitrogen and oxygen atoms in total. The molecule has 70 valence electrons. The number of nitrogens with zero attached hydrogens (tertiary/aromatic N) is 2. The Labute approximate surface area is 76.3 Å². The maximum Gasteiger partial charge on any atom is 0.318 e. The van der Waals surface area contributed by atoms with E-state index in [0.29, 0.717) is 12.1 Å². The van der Waals surface area contributed by atoms with Crippen LogP contribution in [-0.2, 0) is 0 Å². The molecule has 1 aromatic rings. The molecule has 2 atom stereocenters. The molecule has 0 aliphatic heterocycles. The van der Waals surface area contributed by atoms with E-state index in [-0.39, 0.29) is 6.04 Å². The second kappa shape index (κ2) is 3.18. The summed E-state index contributed by atoms with van der Waals surface area (Å²) in [6.07, 6.45) is 2.66. The van der Waals surface area contributed by atoms with Gasteiger partial charge in [0.2, 0.25) is 0 Å². The van der Waals surface area contributed by atoms with Crippen LogP contribution in [0.1, 0.15) is 6.42 Å². The zero-order chi connectivity index (χ0) is 9.26. The minimum absolute atomic E-state index is 0.265. The second-order valence-electron chi connectivity index (χ2n) is 3.08. The summed E-state index contributed by atoms with van der Waals surface area (Å²) in [7, 11) is 1.54. The van der Waals surface area contributed by atoms with Crippen LogP contribution in [-0.4, -0.2) is 29.2 Å². The highest BCUT2D eigenvalue weighted by Gasteiger charge is 2.33. The summed E-state index contributed by atoms with van der Waals surface area (Å²) < 4.78 is 4.89. The molecule has 13 heavy (non-hydrogen) atoms. The Kier molecular flexibility index (Phi) is 2.02. The molecule has 5 heteroatoms. The van der Waals surface area contributed by atoms with Crippen LogP contribution in [0.2, 0.25) is 0 Å². The molecule has 0 spiro atoms. The third-order valence-corrected chi connectivity index (χ3v) is 1.99. The lowest BCUT2D eigenvalue weighted by Gasteiger charge is -2.04. The predicted molar refractivity (Wildman–Crippen MR) is 48.6 cm³/mol. The molecule has 2 unspecified atom stereocenters. The van der Waals surface area contributed by atoms with E-state index in [1.54, 1.807) is 19.4 Å². The van der Waals surface area contributed by atoms with Gasteiger partial charge in [-0.05, 0) is 12.5 Å². The van der Waals surface area contributed by atoms with Gasteiger partial charge in [0.1, 0.15) is 5.82 Å². The number of hydrogen-bond donors (Lipinski definition) is 2. The number of aromatic nitrogens is 2. The summed E-state index contributed by atoms with van der Waals surface area (Å²) in [6, 6.07) is 2.80. The molecule has 1 saturated carbocycles. The van der Waals surface area contributed by atoms with Gasteiger partial charge in [-0.3, -0.25) is 0 Å². The van der Waals surface area contributed by atoms with Crippen molar-refractivity contribution < 1.29 is 4.74 Å². The van der Waals surface area contributed by atoms with Gasteiger partial charge >= 0.3 is 6.01 Å². The first-order chi connectivity index (χ1) is 6.29. The average Bonchev–Trinajstić information content (AvgIpc) is 2.82. The van der Waals surface area contributed by atoms with Gasteiger partial charge in [0, 0.05) is 18.3 Å². The first kappa shape index (κ1) is 8.25. The van der Waals surface area contributed by atoms with Gasteiger partial charge in [0.25, 0.3) is 0 Å². The topological polar surface area (TPSA) is 73.1 Å². The molecule has 0 bridgehead atoms. The van der Waals surface area contributed by atoms with Crippen molar-refractivity contribution in [3.05, 3.63) is 12.3 Å². The van der Waals surface area contributed by atoms with Gasteiger partial charge in [-0.1, -0.05) is 0 Å². The van der Waals surface area contributed by atoms with Crippen LogP contribution < -0.4 is 15.8 Å². The summed E-state index contributed by atoms with van der Waals surface area (Å²) in [4.78, 5) is 8.01. The van der Waals surface area contributed by atoms with Crippen molar-refractivity contribution in [1.82, 2.24) is 9.97 Å². The summed E-state index contributed by atoms with van der Waals surface area (Å²) in [5.74, 6) is 0.768. The fourth-order valence-corrected chi connectivity index (χ4v) is 1.09. The molecular weight excluding hydrogens is 168 g/mol. The third kappa shape index (κ3) is 1.86. The van der Waals surface area contributed by atoms with Gasteiger partial charge < -0.3 is 15.8 Å². The molecule has 1 heterocycles. The maximum absolute atomic E-state index is 5.65. The van der Waals surface area contributed by atoms with Crippen molar-refractivity contribution in [2.75, 3.05) is 12.4 Å². The minimum Gasteiger partial charge on any atom is -0.467 e. The Hall–Kier alpha value is -1.36. The molecule has 0 saturated heterocycles. The monoisotopic (exact) mass is 180 g/mol. The van der Waals surface area contributed by atoms with Gasteiger partial charge in [0.05, 0.1) is 7.11 Å². The molecular formula is C8H12N4O. The Morgan fingerprint density at radius 1 is 1.69 bits per heavy atom. The van der Waals surface area contributed by atoms with E-state index < -0.39 is 0 Å². The van der Waals surface area contributed by atoms with Crippen molar-refractivity contribution in [2.24, 2.45) is 5.73 Å². The molecule has 0 amide bonds. The van der Waals surface area contributed by atoms with Gasteiger partial charge in [-0.15, -0.1) is 0 Å². The number of anilines is 1. The highest BCUT2D eigenvalue weighted by molar-refractivity contribution is 5.38. The normalized spacial score (nSPS) is 25.4. The fourth-order valence-electron chi connectivity index (χ4n) is 1.09. The maximum atomic E-state index is 5.65. The Morgan fingerprint density at radius 2 is 2.46 bits per heavy atom. The van der Waals surface area contributed by atoms with Gasteiger partial charge in [-0.2, -0.15) is 4.98 Å². The van der Waals surface area contributed by atoms with Crippen molar-refractivity contribution >= 4 is 5.82 Å². The molecule has 1 aliphatic carbocycles. The first-order valence-electron chi connectivity index (χ1n) is 4.19. The van der Waals surface area contributed by atoms with Crippen molar-refractivity contribution in [2.45, 2.75) is 18.5 Å². The van der Waals surface area contributed by atoms with Crippen LogP contribution >= 0.6 is 0 Å². The lowest BCUT2D eigenvalue weighted by Crippen LogP contribution is -2.14. The smallest absolute Gasteiger partial charge is 0.318 e. The number of rotatable bonds is 3. The molecule has 0 radical (unpaired) electrons. The van der Waals surface area contributed by atoms with E-state index in [9.17, 15) is 0 Å². The van der Waals surface area contributed by atoms with Crippen molar-refractivity contribution in [3.8, 4) is 6.01 Å². The van der Waals surface area contributed by atoms with Crippen LogP contribution in [0.15, 0.2) is 12.3 Å². The third-order valence-electron chi connectivity index (χ3n) is 1.99. The Balaban J connectivity index is 2.03. The number of nitrogens with one attached hydrogen (secondary N) is 1. The molecule has 3 N–H and O–H groups in total. The van der Waals surface area contributed by atoms with E-state index in [1.807, 2.05) is 0 Å². The van der Waals surface area contributed by atoms with E-state index in [1.165, 1.54) is 0 Å². The van der Waals surface area contributed by atoms with Crippen LogP contribution in [0.25, 0.3) is 0 Å². The molecule has 1 fully saturated rings. The SMILES string of the molecule is COc1nccc(NC2CC2N)n1.